The first kappa shape index (κ1) is 13.4. The molecule has 0 fully saturated rings. The molecule has 1 aromatic heterocycles. The van der Waals surface area contributed by atoms with Crippen LogP contribution in [-0.2, 0) is 11.3 Å². The van der Waals surface area contributed by atoms with Crippen molar-refractivity contribution in [2.24, 2.45) is 5.92 Å². The Morgan fingerprint density at radius 2 is 2.19 bits per heavy atom. The summed E-state index contributed by atoms with van der Waals surface area (Å²) in [4.78, 5) is 0. The lowest BCUT2D eigenvalue weighted by Crippen LogP contribution is -1.98. The number of nitrogens with one attached hydrogen (secondary N) is 1. The Labute approximate surface area is 101 Å². The maximum Gasteiger partial charge on any atom is 0.205 e. The summed E-state index contributed by atoms with van der Waals surface area (Å²) in [5, 5.41) is 13.2. The summed E-state index contributed by atoms with van der Waals surface area (Å²) < 4.78 is 5.53. The molecule has 1 heterocycles. The molecule has 5 heteroatoms. The van der Waals surface area contributed by atoms with Gasteiger partial charge in [-0.25, -0.2) is 0 Å². The van der Waals surface area contributed by atoms with Gasteiger partial charge in [0.15, 0.2) is 0 Å². The van der Waals surface area contributed by atoms with Gasteiger partial charge in [0.25, 0.3) is 0 Å². The fraction of sp³-hybridized carbons (Fsp3) is 0.818. The van der Waals surface area contributed by atoms with Gasteiger partial charge in [-0.2, -0.15) is 0 Å². The van der Waals surface area contributed by atoms with Crippen LogP contribution in [0.1, 0.15) is 38.6 Å². The minimum atomic E-state index is 0.582. The first-order chi connectivity index (χ1) is 7.72. The minimum Gasteiger partial charge on any atom is -0.374 e. The van der Waals surface area contributed by atoms with Crippen LogP contribution in [0.4, 0.5) is 5.13 Å². The van der Waals surface area contributed by atoms with Gasteiger partial charge in [-0.3, -0.25) is 0 Å². The Balaban J connectivity index is 2.19. The van der Waals surface area contributed by atoms with E-state index in [1.807, 2.05) is 0 Å². The third-order valence-electron chi connectivity index (χ3n) is 2.06. The second-order valence-electron chi connectivity index (χ2n) is 4.16. The van der Waals surface area contributed by atoms with E-state index < -0.39 is 0 Å². The summed E-state index contributed by atoms with van der Waals surface area (Å²) in [6.07, 6.45) is 2.19. The van der Waals surface area contributed by atoms with Gasteiger partial charge in [0.2, 0.25) is 5.13 Å². The zero-order chi connectivity index (χ0) is 11.8. The largest absolute Gasteiger partial charge is 0.374 e. The molecular weight excluding hydrogens is 222 g/mol. The van der Waals surface area contributed by atoms with Crippen molar-refractivity contribution in [1.29, 1.82) is 0 Å². The summed E-state index contributed by atoms with van der Waals surface area (Å²) >= 11 is 1.57. The molecule has 0 spiro atoms. The molecule has 92 valence electrons. The van der Waals surface area contributed by atoms with Crippen molar-refractivity contribution in [1.82, 2.24) is 10.2 Å². The third kappa shape index (κ3) is 5.42. The Hall–Kier alpha value is -0.680. The van der Waals surface area contributed by atoms with Gasteiger partial charge in [-0.1, -0.05) is 32.1 Å². The van der Waals surface area contributed by atoms with Gasteiger partial charge in [0, 0.05) is 13.2 Å². The Bertz CT molecular complexity index is 289. The second-order valence-corrected chi connectivity index (χ2v) is 5.22. The molecule has 0 atom stereocenters. The van der Waals surface area contributed by atoms with E-state index in [4.69, 9.17) is 4.74 Å². The van der Waals surface area contributed by atoms with E-state index in [2.05, 4.69) is 36.3 Å². The number of ether oxygens (including phenoxy) is 1. The monoisotopic (exact) mass is 243 g/mol. The summed E-state index contributed by atoms with van der Waals surface area (Å²) in [7, 11) is 0. The van der Waals surface area contributed by atoms with Crippen molar-refractivity contribution < 1.29 is 4.74 Å². The number of rotatable bonds is 8. The van der Waals surface area contributed by atoms with Crippen molar-refractivity contribution in [3.05, 3.63) is 5.01 Å². The van der Waals surface area contributed by atoms with Crippen LogP contribution in [0.25, 0.3) is 0 Å². The van der Waals surface area contributed by atoms with E-state index in [-0.39, 0.29) is 0 Å². The predicted octanol–water partition coefficient (Wildman–Crippen LogP) is 2.92. The molecule has 0 saturated heterocycles. The quantitative estimate of drug-likeness (QED) is 0.713. The summed E-state index contributed by atoms with van der Waals surface area (Å²) in [6.45, 7) is 8.85. The SMILES string of the molecule is CCCNc1nnc(COCCC(C)C)s1. The zero-order valence-corrected chi connectivity index (χ0v) is 11.1. The third-order valence-corrected chi connectivity index (χ3v) is 2.91. The molecule has 1 N–H and O–H groups in total. The summed E-state index contributed by atoms with van der Waals surface area (Å²) in [5.74, 6) is 0.691. The van der Waals surface area contributed by atoms with E-state index in [0.717, 1.165) is 36.1 Å². The zero-order valence-electron chi connectivity index (χ0n) is 10.3. The molecule has 0 aliphatic rings. The number of hydrogen-bond acceptors (Lipinski definition) is 5. The van der Waals surface area contributed by atoms with Crippen LogP contribution >= 0.6 is 11.3 Å². The van der Waals surface area contributed by atoms with Crippen LogP contribution in [0.15, 0.2) is 0 Å². The van der Waals surface area contributed by atoms with E-state index in [1.165, 1.54) is 0 Å². The number of aromatic nitrogens is 2. The Kier molecular flexibility index (Phi) is 6.33. The van der Waals surface area contributed by atoms with E-state index in [1.54, 1.807) is 11.3 Å². The fourth-order valence-electron chi connectivity index (χ4n) is 1.09. The van der Waals surface area contributed by atoms with Gasteiger partial charge < -0.3 is 10.1 Å². The van der Waals surface area contributed by atoms with Crippen LogP contribution in [0.2, 0.25) is 0 Å². The Morgan fingerprint density at radius 3 is 2.88 bits per heavy atom. The molecule has 0 amide bonds. The molecule has 0 bridgehead atoms. The first-order valence-electron chi connectivity index (χ1n) is 5.86. The van der Waals surface area contributed by atoms with Crippen molar-refractivity contribution in [2.75, 3.05) is 18.5 Å². The van der Waals surface area contributed by atoms with Crippen LogP contribution in [-0.4, -0.2) is 23.3 Å². The Morgan fingerprint density at radius 1 is 1.38 bits per heavy atom. The highest BCUT2D eigenvalue weighted by molar-refractivity contribution is 7.15. The normalized spacial score (nSPS) is 11.0. The van der Waals surface area contributed by atoms with Crippen LogP contribution in [0, 0.1) is 5.92 Å². The molecule has 0 aliphatic carbocycles. The van der Waals surface area contributed by atoms with Crippen molar-refractivity contribution in [2.45, 2.75) is 40.2 Å². The standard InChI is InChI=1S/C11H21N3OS/c1-4-6-12-11-14-13-10(16-11)8-15-7-5-9(2)3/h9H,4-8H2,1-3H3,(H,12,14). The minimum absolute atomic E-state index is 0.582. The molecule has 0 saturated carbocycles. The van der Waals surface area contributed by atoms with Crippen LogP contribution < -0.4 is 5.32 Å². The summed E-state index contributed by atoms with van der Waals surface area (Å²) in [6, 6.07) is 0. The van der Waals surface area contributed by atoms with E-state index in [9.17, 15) is 0 Å². The van der Waals surface area contributed by atoms with Gasteiger partial charge in [0.05, 0.1) is 0 Å². The highest BCUT2D eigenvalue weighted by Gasteiger charge is 2.03. The molecule has 1 aromatic rings. The van der Waals surface area contributed by atoms with E-state index >= 15 is 0 Å². The average Bonchev–Trinajstić information content (AvgIpc) is 2.69. The van der Waals surface area contributed by atoms with Crippen molar-refractivity contribution >= 4 is 16.5 Å². The van der Waals surface area contributed by atoms with Gasteiger partial charge >= 0.3 is 0 Å². The van der Waals surface area contributed by atoms with Crippen LogP contribution in [0.5, 0.6) is 0 Å². The lowest BCUT2D eigenvalue weighted by atomic mass is 10.1. The number of anilines is 1. The summed E-state index contributed by atoms with van der Waals surface area (Å²) in [5.41, 5.74) is 0. The molecule has 0 aliphatic heterocycles. The first-order valence-corrected chi connectivity index (χ1v) is 6.68. The molecule has 16 heavy (non-hydrogen) atoms. The number of nitrogens with zero attached hydrogens (tertiary/aromatic N) is 2. The molecule has 0 unspecified atom stereocenters. The van der Waals surface area contributed by atoms with Gasteiger partial charge in [0.1, 0.15) is 11.6 Å². The molecule has 0 aromatic carbocycles. The maximum atomic E-state index is 5.53. The topological polar surface area (TPSA) is 47.0 Å². The molecule has 0 radical (unpaired) electrons. The molecular formula is C11H21N3OS. The highest BCUT2D eigenvalue weighted by atomic mass is 32.1. The van der Waals surface area contributed by atoms with Crippen molar-refractivity contribution in [3.8, 4) is 0 Å². The lowest BCUT2D eigenvalue weighted by molar-refractivity contribution is 0.110. The maximum absolute atomic E-state index is 5.53. The van der Waals surface area contributed by atoms with Gasteiger partial charge in [-0.15, -0.1) is 10.2 Å². The molecule has 1 rings (SSSR count). The smallest absolute Gasteiger partial charge is 0.205 e. The fourth-order valence-corrected chi connectivity index (χ4v) is 1.80. The molecule has 4 nitrogen and oxygen atoms in total. The number of hydrogen-bond donors (Lipinski definition) is 1. The van der Waals surface area contributed by atoms with Crippen LogP contribution in [0.3, 0.4) is 0 Å². The average molecular weight is 243 g/mol. The lowest BCUT2D eigenvalue weighted by Gasteiger charge is -2.03. The van der Waals surface area contributed by atoms with E-state index in [0.29, 0.717) is 12.5 Å². The highest BCUT2D eigenvalue weighted by Crippen LogP contribution is 2.15. The predicted molar refractivity (Wildman–Crippen MR) is 67.8 cm³/mol. The van der Waals surface area contributed by atoms with Crippen molar-refractivity contribution in [3.63, 3.8) is 0 Å². The second kappa shape index (κ2) is 7.57. The van der Waals surface area contributed by atoms with Gasteiger partial charge in [-0.05, 0) is 18.8 Å².